The quantitative estimate of drug-likeness (QED) is 0.626. The molecule has 1 fully saturated rings. The van der Waals surface area contributed by atoms with Crippen molar-refractivity contribution in [2.45, 2.75) is 32.2 Å². The van der Waals surface area contributed by atoms with Crippen molar-refractivity contribution < 1.29 is 19.1 Å². The van der Waals surface area contributed by atoms with E-state index in [2.05, 4.69) is 24.9 Å². The lowest BCUT2D eigenvalue weighted by atomic mass is 9.76. The summed E-state index contributed by atoms with van der Waals surface area (Å²) < 4.78 is 11.3. The maximum atomic E-state index is 13.9. The van der Waals surface area contributed by atoms with Gasteiger partial charge in [0, 0.05) is 35.5 Å². The summed E-state index contributed by atoms with van der Waals surface area (Å²) in [5.41, 5.74) is 2.60. The van der Waals surface area contributed by atoms with Crippen LogP contribution in [0, 0.1) is 5.92 Å². The van der Waals surface area contributed by atoms with E-state index in [0.717, 1.165) is 27.7 Å². The Morgan fingerprint density at radius 1 is 1.09 bits per heavy atom. The Morgan fingerprint density at radius 2 is 1.85 bits per heavy atom. The number of methoxy groups -OCH3 is 2. The van der Waals surface area contributed by atoms with Gasteiger partial charge in [0.1, 0.15) is 0 Å². The van der Waals surface area contributed by atoms with Crippen LogP contribution >= 0.6 is 0 Å². The Kier molecular flexibility index (Phi) is 5.30. The highest BCUT2D eigenvalue weighted by atomic mass is 16.5. The number of nitrogens with zero attached hydrogens (tertiary/aromatic N) is 2. The number of hydrogen-bond donors (Lipinski definition) is 1. The molecule has 0 radical (unpaired) electrons. The lowest BCUT2D eigenvalue weighted by molar-refractivity contribution is -0.166. The molecule has 0 bridgehead atoms. The highest BCUT2D eigenvalue weighted by Gasteiger charge is 2.56. The van der Waals surface area contributed by atoms with E-state index in [1.54, 1.807) is 24.0 Å². The number of ether oxygens (including phenoxy) is 2. The molecule has 2 atom stereocenters. The molecule has 3 heterocycles. The number of carbonyl (C=O) groups is 2. The van der Waals surface area contributed by atoms with Crippen LogP contribution in [0.5, 0.6) is 11.5 Å². The molecule has 0 unspecified atom stereocenters. The van der Waals surface area contributed by atoms with Crippen LogP contribution in [0.3, 0.4) is 0 Å². The van der Waals surface area contributed by atoms with Gasteiger partial charge in [0.15, 0.2) is 17.0 Å². The summed E-state index contributed by atoms with van der Waals surface area (Å²) >= 11 is 0. The van der Waals surface area contributed by atoms with Crippen LogP contribution in [0.4, 0.5) is 0 Å². The number of nitrogens with one attached hydrogen (secondary N) is 1. The molecule has 1 aromatic heterocycles. The van der Waals surface area contributed by atoms with Gasteiger partial charge in [-0.05, 0) is 30.5 Å². The minimum absolute atomic E-state index is 0.0373. The minimum Gasteiger partial charge on any atom is -0.493 e. The van der Waals surface area contributed by atoms with E-state index in [1.165, 1.54) is 0 Å². The summed E-state index contributed by atoms with van der Waals surface area (Å²) in [6.45, 7) is 7.04. The Hall–Kier alpha value is -3.48. The van der Waals surface area contributed by atoms with E-state index in [-0.39, 0.29) is 30.2 Å². The number of hydrogen-bond acceptors (Lipinski definition) is 4. The third kappa shape index (κ3) is 3.10. The highest BCUT2D eigenvalue weighted by molar-refractivity contribution is 6.01. The lowest BCUT2D eigenvalue weighted by Gasteiger charge is -2.51. The number of carbonyl (C=O) groups excluding carboxylic acids is 2. The monoisotopic (exact) mass is 461 g/mol. The zero-order chi connectivity index (χ0) is 24.2. The van der Waals surface area contributed by atoms with Crippen molar-refractivity contribution in [1.29, 1.82) is 0 Å². The molecule has 7 nitrogen and oxygen atoms in total. The second-order valence-electron chi connectivity index (χ2n) is 9.75. The summed E-state index contributed by atoms with van der Waals surface area (Å²) in [4.78, 5) is 34.5. The van der Waals surface area contributed by atoms with Crippen LogP contribution in [0.1, 0.15) is 43.5 Å². The molecule has 7 heteroatoms. The van der Waals surface area contributed by atoms with Crippen LogP contribution in [0.2, 0.25) is 0 Å². The van der Waals surface area contributed by atoms with Gasteiger partial charge in [-0.3, -0.25) is 9.59 Å². The van der Waals surface area contributed by atoms with Gasteiger partial charge in [0.05, 0.1) is 26.5 Å². The van der Waals surface area contributed by atoms with Gasteiger partial charge in [-0.2, -0.15) is 0 Å². The summed E-state index contributed by atoms with van der Waals surface area (Å²) in [5.74, 6) is 1.29. The molecule has 34 heavy (non-hydrogen) atoms. The smallest absolute Gasteiger partial charge is 0.254 e. The van der Waals surface area contributed by atoms with Gasteiger partial charge < -0.3 is 24.3 Å². The molecule has 178 valence electrons. The largest absolute Gasteiger partial charge is 0.493 e. The van der Waals surface area contributed by atoms with Crippen LogP contribution < -0.4 is 9.47 Å². The summed E-state index contributed by atoms with van der Waals surface area (Å²) in [6.07, 6.45) is 0. The van der Waals surface area contributed by atoms with Crippen molar-refractivity contribution in [1.82, 2.24) is 14.8 Å². The molecule has 1 saturated heterocycles. The standard InChI is InChI=1S/C27H31N3O4/c1-16(2)13-29-15-22(31)30-14-19(17-10-8-12-21(33-4)24(17)34-5)23-18-9-6-7-11-20(18)28-25(23)27(30,3)26(29)32/h6-12,16,19,28H,13-15H2,1-5H3/t19-,27+/m1/s1. The normalized spacial score (nSPS) is 22.2. The number of benzene rings is 2. The molecule has 0 saturated carbocycles. The maximum absolute atomic E-state index is 13.9. The zero-order valence-corrected chi connectivity index (χ0v) is 20.3. The number of fused-ring (bicyclic) bond motifs is 5. The fraction of sp³-hybridized carbons (Fsp3) is 0.407. The average Bonchev–Trinajstić information content (AvgIpc) is 3.22. The topological polar surface area (TPSA) is 74.9 Å². The Balaban J connectivity index is 1.77. The molecule has 2 aliphatic heterocycles. The van der Waals surface area contributed by atoms with Crippen LogP contribution in [-0.2, 0) is 15.1 Å². The van der Waals surface area contributed by atoms with E-state index in [0.29, 0.717) is 24.6 Å². The molecular weight excluding hydrogens is 430 g/mol. The second-order valence-corrected chi connectivity index (χ2v) is 9.75. The first-order valence-corrected chi connectivity index (χ1v) is 11.7. The van der Waals surface area contributed by atoms with Crippen molar-refractivity contribution in [3.05, 3.63) is 59.3 Å². The Morgan fingerprint density at radius 3 is 2.56 bits per heavy atom. The van der Waals surface area contributed by atoms with E-state index in [1.807, 2.05) is 43.3 Å². The van der Waals surface area contributed by atoms with E-state index >= 15 is 0 Å². The number of H-pyrrole nitrogens is 1. The molecule has 0 spiro atoms. The van der Waals surface area contributed by atoms with Gasteiger partial charge in [-0.15, -0.1) is 0 Å². The predicted octanol–water partition coefficient (Wildman–Crippen LogP) is 3.87. The number of amides is 2. The molecule has 5 rings (SSSR count). The summed E-state index contributed by atoms with van der Waals surface area (Å²) in [5, 5.41) is 1.05. The van der Waals surface area contributed by atoms with E-state index < -0.39 is 5.54 Å². The van der Waals surface area contributed by atoms with Gasteiger partial charge in [-0.1, -0.05) is 44.2 Å². The molecule has 2 amide bonds. The maximum Gasteiger partial charge on any atom is 0.254 e. The van der Waals surface area contributed by atoms with E-state index in [4.69, 9.17) is 9.47 Å². The third-order valence-corrected chi connectivity index (χ3v) is 7.21. The molecule has 1 N–H and O–H groups in total. The second kappa shape index (κ2) is 8.08. The number of aromatic nitrogens is 1. The molecule has 3 aromatic rings. The fourth-order valence-electron chi connectivity index (χ4n) is 5.73. The average molecular weight is 462 g/mol. The SMILES string of the molecule is COc1cccc([C@H]2CN3C(=O)CN(CC(C)C)C(=O)[C@]3(C)c3[nH]c4ccccc4c32)c1OC. The number of para-hydroxylation sites is 2. The predicted molar refractivity (Wildman–Crippen MR) is 130 cm³/mol. The highest BCUT2D eigenvalue weighted by Crippen LogP contribution is 2.50. The summed E-state index contributed by atoms with van der Waals surface area (Å²) in [7, 11) is 3.25. The first-order valence-electron chi connectivity index (χ1n) is 11.7. The van der Waals surface area contributed by atoms with Gasteiger partial charge in [-0.25, -0.2) is 0 Å². The molecule has 0 aliphatic carbocycles. The van der Waals surface area contributed by atoms with Crippen molar-refractivity contribution in [3.63, 3.8) is 0 Å². The first-order chi connectivity index (χ1) is 16.3. The third-order valence-electron chi connectivity index (χ3n) is 7.21. The number of piperazine rings is 1. The fourth-order valence-corrected chi connectivity index (χ4v) is 5.73. The number of rotatable bonds is 5. The molecular formula is C27H31N3O4. The van der Waals surface area contributed by atoms with Crippen LogP contribution in [-0.4, -0.2) is 60.5 Å². The minimum atomic E-state index is -1.10. The zero-order valence-electron chi connectivity index (χ0n) is 20.3. The van der Waals surface area contributed by atoms with E-state index in [9.17, 15) is 9.59 Å². The van der Waals surface area contributed by atoms with Gasteiger partial charge in [0.25, 0.3) is 5.91 Å². The van der Waals surface area contributed by atoms with Crippen molar-refractivity contribution >= 4 is 22.7 Å². The van der Waals surface area contributed by atoms with Gasteiger partial charge in [0.2, 0.25) is 5.91 Å². The Bertz CT molecular complexity index is 1280. The number of aromatic amines is 1. The van der Waals surface area contributed by atoms with Crippen molar-refractivity contribution in [3.8, 4) is 11.5 Å². The van der Waals surface area contributed by atoms with Crippen molar-refractivity contribution in [2.75, 3.05) is 33.9 Å². The lowest BCUT2D eigenvalue weighted by Crippen LogP contribution is -2.67. The molecule has 2 aromatic carbocycles. The summed E-state index contributed by atoms with van der Waals surface area (Å²) in [6, 6.07) is 13.9. The van der Waals surface area contributed by atoms with Crippen molar-refractivity contribution in [2.24, 2.45) is 5.92 Å². The molecule has 2 aliphatic rings. The Labute approximate surface area is 199 Å². The first kappa shape index (κ1) is 22.3. The van der Waals surface area contributed by atoms with Crippen LogP contribution in [0.15, 0.2) is 42.5 Å². The van der Waals surface area contributed by atoms with Crippen LogP contribution in [0.25, 0.3) is 10.9 Å². The van der Waals surface area contributed by atoms with Gasteiger partial charge >= 0.3 is 0 Å².